The Labute approximate surface area is 137 Å². The smallest absolute Gasteiger partial charge is 0.249 e. The van der Waals surface area contributed by atoms with Gasteiger partial charge in [-0.2, -0.15) is 4.31 Å². The number of nitrogens with zero attached hydrogens (tertiary/aromatic N) is 2. The fourth-order valence-electron chi connectivity index (χ4n) is 2.99. The van der Waals surface area contributed by atoms with Crippen LogP contribution in [0.15, 0.2) is 39.8 Å². The van der Waals surface area contributed by atoms with Crippen molar-refractivity contribution in [3.8, 4) is 0 Å². The zero-order valence-corrected chi connectivity index (χ0v) is 14.5. The molecule has 1 fully saturated rings. The fraction of sp³-hybridized carbons (Fsp3) is 0.471. The predicted molar refractivity (Wildman–Crippen MR) is 87.3 cm³/mol. The molecular formula is C17H22N2O3S. The number of benzene rings is 1. The van der Waals surface area contributed by atoms with Crippen LogP contribution < -0.4 is 0 Å². The first-order valence-electron chi connectivity index (χ1n) is 7.90. The van der Waals surface area contributed by atoms with Gasteiger partial charge >= 0.3 is 0 Å². The van der Waals surface area contributed by atoms with Crippen molar-refractivity contribution in [1.29, 1.82) is 0 Å². The van der Waals surface area contributed by atoms with Crippen molar-refractivity contribution in [1.82, 2.24) is 9.46 Å². The van der Waals surface area contributed by atoms with Gasteiger partial charge in [0.25, 0.3) is 0 Å². The van der Waals surface area contributed by atoms with Crippen LogP contribution >= 0.6 is 0 Å². The standard InChI is InChI=1S/C17H22N2O3S/c1-12-17(14(3)22-18-12)23(20,21)19(13(2)16-9-10-16)11-15-7-5-4-6-8-15/h4-8,13,16H,9-11H2,1-3H3/t13-/m0/s1. The van der Waals surface area contributed by atoms with Crippen LogP contribution in [0.1, 0.15) is 36.8 Å². The molecule has 0 radical (unpaired) electrons. The van der Waals surface area contributed by atoms with E-state index in [1.54, 1.807) is 18.2 Å². The zero-order chi connectivity index (χ0) is 16.6. The van der Waals surface area contributed by atoms with E-state index in [1.165, 1.54) is 0 Å². The van der Waals surface area contributed by atoms with Gasteiger partial charge in [-0.15, -0.1) is 0 Å². The molecule has 6 heteroatoms. The maximum Gasteiger partial charge on any atom is 0.249 e. The minimum absolute atomic E-state index is 0.0334. The van der Waals surface area contributed by atoms with Gasteiger partial charge in [0.15, 0.2) is 5.76 Å². The van der Waals surface area contributed by atoms with E-state index in [-0.39, 0.29) is 10.9 Å². The summed E-state index contributed by atoms with van der Waals surface area (Å²) in [5, 5.41) is 3.81. The lowest BCUT2D eigenvalue weighted by molar-refractivity contribution is 0.302. The molecule has 1 saturated carbocycles. The first-order chi connectivity index (χ1) is 10.9. The molecule has 2 aromatic rings. The first kappa shape index (κ1) is 16.2. The van der Waals surface area contributed by atoms with Crippen molar-refractivity contribution in [2.24, 2.45) is 5.92 Å². The van der Waals surface area contributed by atoms with E-state index < -0.39 is 10.0 Å². The molecular weight excluding hydrogens is 312 g/mol. The van der Waals surface area contributed by atoms with E-state index in [1.807, 2.05) is 37.3 Å². The second-order valence-corrected chi connectivity index (χ2v) is 8.09. The molecule has 0 saturated heterocycles. The molecule has 1 heterocycles. The molecule has 1 aromatic carbocycles. The predicted octanol–water partition coefficient (Wildman–Crippen LogP) is 3.28. The summed E-state index contributed by atoms with van der Waals surface area (Å²) in [6.07, 6.45) is 2.17. The number of sulfonamides is 1. The molecule has 1 atom stereocenters. The average Bonchev–Trinajstić information content (AvgIpc) is 3.30. The molecule has 0 spiro atoms. The quantitative estimate of drug-likeness (QED) is 0.813. The van der Waals surface area contributed by atoms with Crippen LogP contribution in [0.25, 0.3) is 0 Å². The number of rotatable bonds is 6. The van der Waals surface area contributed by atoms with E-state index in [4.69, 9.17) is 4.52 Å². The molecule has 0 bridgehead atoms. The number of aryl methyl sites for hydroxylation is 2. The highest BCUT2D eigenvalue weighted by Crippen LogP contribution is 2.38. The van der Waals surface area contributed by atoms with Gasteiger partial charge in [-0.25, -0.2) is 8.42 Å². The van der Waals surface area contributed by atoms with Crippen molar-refractivity contribution in [3.63, 3.8) is 0 Å². The Morgan fingerprint density at radius 3 is 2.43 bits per heavy atom. The molecule has 1 aromatic heterocycles. The molecule has 23 heavy (non-hydrogen) atoms. The Bertz CT molecular complexity index is 760. The summed E-state index contributed by atoms with van der Waals surface area (Å²) in [7, 11) is -3.64. The highest BCUT2D eigenvalue weighted by atomic mass is 32.2. The molecule has 0 N–H and O–H groups in total. The summed E-state index contributed by atoms with van der Waals surface area (Å²) in [6.45, 7) is 5.68. The summed E-state index contributed by atoms with van der Waals surface area (Å²) in [6, 6.07) is 9.66. The van der Waals surface area contributed by atoms with Crippen LogP contribution in [0.5, 0.6) is 0 Å². The van der Waals surface area contributed by atoms with E-state index >= 15 is 0 Å². The summed E-state index contributed by atoms with van der Waals surface area (Å²) >= 11 is 0. The van der Waals surface area contributed by atoms with Gasteiger partial charge < -0.3 is 4.52 Å². The Morgan fingerprint density at radius 2 is 1.91 bits per heavy atom. The van der Waals surface area contributed by atoms with Crippen molar-refractivity contribution < 1.29 is 12.9 Å². The molecule has 5 nitrogen and oxygen atoms in total. The summed E-state index contributed by atoms with van der Waals surface area (Å²) in [5.74, 6) is 0.789. The van der Waals surface area contributed by atoms with Crippen LogP contribution in [0, 0.1) is 19.8 Å². The summed E-state index contributed by atoms with van der Waals surface area (Å²) < 4.78 is 33.2. The van der Waals surface area contributed by atoms with Gasteiger partial charge in [0.05, 0.1) is 0 Å². The lowest BCUT2D eigenvalue weighted by Gasteiger charge is -2.28. The van der Waals surface area contributed by atoms with Crippen LogP contribution in [-0.2, 0) is 16.6 Å². The topological polar surface area (TPSA) is 63.4 Å². The van der Waals surface area contributed by atoms with Crippen LogP contribution in [0.2, 0.25) is 0 Å². The SMILES string of the molecule is Cc1noc(C)c1S(=O)(=O)N(Cc1ccccc1)[C@@H](C)C1CC1. The third kappa shape index (κ3) is 3.19. The Hall–Kier alpha value is -1.66. The molecule has 0 unspecified atom stereocenters. The normalized spacial score (nSPS) is 16.7. The summed E-state index contributed by atoms with van der Waals surface area (Å²) in [5.41, 5.74) is 1.40. The van der Waals surface area contributed by atoms with Gasteiger partial charge in [-0.3, -0.25) is 0 Å². The van der Waals surface area contributed by atoms with Gasteiger partial charge in [0.1, 0.15) is 10.6 Å². The minimum Gasteiger partial charge on any atom is -0.360 e. The Balaban J connectivity index is 2.00. The van der Waals surface area contributed by atoms with Crippen LogP contribution in [0.4, 0.5) is 0 Å². The van der Waals surface area contributed by atoms with E-state index in [0.29, 0.717) is 23.9 Å². The van der Waals surface area contributed by atoms with Crippen molar-refractivity contribution >= 4 is 10.0 Å². The third-order valence-electron chi connectivity index (χ3n) is 4.47. The van der Waals surface area contributed by atoms with Crippen LogP contribution in [-0.4, -0.2) is 23.9 Å². The van der Waals surface area contributed by atoms with E-state index in [2.05, 4.69) is 5.16 Å². The average molecular weight is 334 g/mol. The molecule has 124 valence electrons. The monoisotopic (exact) mass is 334 g/mol. The maximum absolute atomic E-state index is 13.2. The Kier molecular flexibility index (Phi) is 4.29. The second-order valence-electron chi connectivity index (χ2n) is 6.27. The molecule has 0 aliphatic heterocycles. The van der Waals surface area contributed by atoms with Crippen molar-refractivity contribution in [3.05, 3.63) is 47.3 Å². The van der Waals surface area contributed by atoms with Gasteiger partial charge in [0, 0.05) is 12.6 Å². The largest absolute Gasteiger partial charge is 0.360 e. The van der Waals surface area contributed by atoms with Gasteiger partial charge in [-0.1, -0.05) is 35.5 Å². The van der Waals surface area contributed by atoms with Crippen LogP contribution in [0.3, 0.4) is 0 Å². The fourth-order valence-corrected chi connectivity index (χ4v) is 4.96. The minimum atomic E-state index is -3.64. The van der Waals surface area contributed by atoms with E-state index in [0.717, 1.165) is 18.4 Å². The maximum atomic E-state index is 13.2. The number of hydrogen-bond acceptors (Lipinski definition) is 4. The highest BCUT2D eigenvalue weighted by molar-refractivity contribution is 7.89. The summed E-state index contributed by atoms with van der Waals surface area (Å²) in [4.78, 5) is 0.209. The lowest BCUT2D eigenvalue weighted by Crippen LogP contribution is -2.39. The lowest BCUT2D eigenvalue weighted by atomic mass is 10.2. The van der Waals surface area contributed by atoms with E-state index in [9.17, 15) is 8.42 Å². The molecule has 3 rings (SSSR count). The molecule has 0 amide bonds. The van der Waals surface area contributed by atoms with Crippen molar-refractivity contribution in [2.45, 2.75) is 51.1 Å². The highest BCUT2D eigenvalue weighted by Gasteiger charge is 2.40. The molecule has 1 aliphatic carbocycles. The van der Waals surface area contributed by atoms with Crippen molar-refractivity contribution in [2.75, 3.05) is 0 Å². The first-order valence-corrected chi connectivity index (χ1v) is 9.34. The number of hydrogen-bond donors (Lipinski definition) is 0. The Morgan fingerprint density at radius 1 is 1.26 bits per heavy atom. The molecule has 1 aliphatic rings. The third-order valence-corrected chi connectivity index (χ3v) is 6.65. The number of aromatic nitrogens is 1. The van der Waals surface area contributed by atoms with Gasteiger partial charge in [-0.05, 0) is 45.1 Å². The van der Waals surface area contributed by atoms with Gasteiger partial charge in [0.2, 0.25) is 10.0 Å². The second kappa shape index (κ2) is 6.09. The zero-order valence-electron chi connectivity index (χ0n) is 13.7.